The van der Waals surface area contributed by atoms with E-state index in [0.29, 0.717) is 39.0 Å². The number of nitrogens with one attached hydrogen (secondary N) is 1. The van der Waals surface area contributed by atoms with Gasteiger partial charge in [-0.25, -0.2) is 4.39 Å². The van der Waals surface area contributed by atoms with Crippen LogP contribution < -0.4 is 0 Å². The van der Waals surface area contributed by atoms with Crippen molar-refractivity contribution in [1.82, 2.24) is 14.8 Å². The van der Waals surface area contributed by atoms with Crippen LogP contribution in [0.4, 0.5) is 4.39 Å². The van der Waals surface area contributed by atoms with Crippen LogP contribution in [0.5, 0.6) is 0 Å². The van der Waals surface area contributed by atoms with E-state index in [1.54, 1.807) is 24.9 Å². The zero-order valence-corrected chi connectivity index (χ0v) is 20.8. The van der Waals surface area contributed by atoms with Crippen molar-refractivity contribution in [2.75, 3.05) is 33.3 Å². The van der Waals surface area contributed by atoms with E-state index in [-0.39, 0.29) is 42.5 Å². The van der Waals surface area contributed by atoms with E-state index in [9.17, 15) is 18.8 Å². The third-order valence-electron chi connectivity index (χ3n) is 6.79. The minimum Gasteiger partial charge on any atom is -0.466 e. The van der Waals surface area contributed by atoms with Gasteiger partial charge in [0.15, 0.2) is 0 Å². The standard InChI is InChI=1S/C28H32FN3O4/c1-3-36-28(35)20-13-15-32(16-14-20)26(34)18-31(2)25(33)12-10-22-23-17-21(29)9-11-24(23)30-27(22)19-7-5-4-6-8-19/h4-9,11,17,20,30H,3,10,12-16,18H2,1-2H3. The first-order valence-corrected chi connectivity index (χ1v) is 12.4. The molecule has 1 N–H and O–H groups in total. The van der Waals surface area contributed by atoms with E-state index in [4.69, 9.17) is 4.74 Å². The number of rotatable bonds is 8. The highest BCUT2D eigenvalue weighted by Crippen LogP contribution is 2.32. The third-order valence-corrected chi connectivity index (χ3v) is 6.79. The molecule has 1 fully saturated rings. The molecular weight excluding hydrogens is 461 g/mol. The van der Waals surface area contributed by atoms with Gasteiger partial charge in [0.2, 0.25) is 11.8 Å². The van der Waals surface area contributed by atoms with Gasteiger partial charge in [0.25, 0.3) is 0 Å². The number of aromatic nitrogens is 1. The number of carbonyl (C=O) groups excluding carboxylic acids is 3. The summed E-state index contributed by atoms with van der Waals surface area (Å²) in [6.45, 7) is 3.07. The summed E-state index contributed by atoms with van der Waals surface area (Å²) in [5, 5.41) is 0.754. The molecule has 0 bridgehead atoms. The predicted octanol–water partition coefficient (Wildman–Crippen LogP) is 4.17. The summed E-state index contributed by atoms with van der Waals surface area (Å²) in [5.41, 5.74) is 3.52. The topological polar surface area (TPSA) is 82.7 Å². The third kappa shape index (κ3) is 5.75. The molecule has 8 heteroatoms. The Morgan fingerprint density at radius 3 is 2.53 bits per heavy atom. The van der Waals surface area contributed by atoms with Gasteiger partial charge < -0.3 is 19.5 Å². The van der Waals surface area contributed by atoms with Crippen LogP contribution in [-0.2, 0) is 25.5 Å². The van der Waals surface area contributed by atoms with Gasteiger partial charge in [0.1, 0.15) is 5.82 Å². The molecule has 4 rings (SSSR count). The fourth-order valence-corrected chi connectivity index (χ4v) is 4.77. The van der Waals surface area contributed by atoms with Crippen LogP contribution in [0.15, 0.2) is 48.5 Å². The SMILES string of the molecule is CCOC(=O)C1CCN(C(=O)CN(C)C(=O)CCc2c(-c3ccccc3)[nH]c3ccc(F)cc23)CC1. The van der Waals surface area contributed by atoms with Crippen molar-refractivity contribution >= 4 is 28.7 Å². The van der Waals surface area contributed by atoms with Crippen molar-refractivity contribution in [1.29, 1.82) is 0 Å². The van der Waals surface area contributed by atoms with Crippen LogP contribution in [0.1, 0.15) is 31.7 Å². The summed E-state index contributed by atoms with van der Waals surface area (Å²) in [7, 11) is 1.62. The number of likely N-dealkylation sites (tertiary alicyclic amines) is 1. The number of likely N-dealkylation sites (N-methyl/N-ethyl adjacent to an activating group) is 1. The smallest absolute Gasteiger partial charge is 0.309 e. The summed E-state index contributed by atoms with van der Waals surface area (Å²) < 4.78 is 19.1. The Hall–Kier alpha value is -3.68. The lowest BCUT2D eigenvalue weighted by atomic mass is 9.97. The molecular formula is C28H32FN3O4. The number of aryl methyl sites for hydroxylation is 1. The Bertz CT molecular complexity index is 1230. The average Bonchev–Trinajstić information content (AvgIpc) is 3.25. The molecule has 1 saturated heterocycles. The van der Waals surface area contributed by atoms with Crippen LogP contribution >= 0.6 is 0 Å². The van der Waals surface area contributed by atoms with Gasteiger partial charge in [0, 0.05) is 43.2 Å². The van der Waals surface area contributed by atoms with Gasteiger partial charge in [-0.3, -0.25) is 14.4 Å². The van der Waals surface area contributed by atoms with Crippen molar-refractivity contribution in [3.63, 3.8) is 0 Å². The summed E-state index contributed by atoms with van der Waals surface area (Å²) in [5.74, 6) is -0.998. The Kier molecular flexibility index (Phi) is 8.03. The molecule has 1 aromatic heterocycles. The number of aromatic amines is 1. The number of amides is 2. The van der Waals surface area contributed by atoms with Gasteiger partial charge in [-0.1, -0.05) is 30.3 Å². The van der Waals surface area contributed by atoms with Crippen LogP contribution in [-0.4, -0.2) is 65.9 Å². The second kappa shape index (κ2) is 11.4. The molecule has 2 aromatic carbocycles. The number of esters is 1. The number of hydrogen-bond donors (Lipinski definition) is 1. The summed E-state index contributed by atoms with van der Waals surface area (Å²) in [4.78, 5) is 44.1. The molecule has 0 spiro atoms. The summed E-state index contributed by atoms with van der Waals surface area (Å²) in [6, 6.07) is 14.4. The Morgan fingerprint density at radius 2 is 1.83 bits per heavy atom. The predicted molar refractivity (Wildman–Crippen MR) is 136 cm³/mol. The molecule has 7 nitrogen and oxygen atoms in total. The van der Waals surface area contributed by atoms with E-state index in [1.807, 2.05) is 30.3 Å². The molecule has 3 aromatic rings. The number of piperidine rings is 1. The molecule has 0 unspecified atom stereocenters. The monoisotopic (exact) mass is 493 g/mol. The maximum Gasteiger partial charge on any atom is 0.309 e. The van der Waals surface area contributed by atoms with Crippen LogP contribution in [0.25, 0.3) is 22.2 Å². The molecule has 0 aliphatic carbocycles. The quantitative estimate of drug-likeness (QED) is 0.478. The highest BCUT2D eigenvalue weighted by Gasteiger charge is 2.29. The number of carbonyl (C=O) groups is 3. The van der Waals surface area contributed by atoms with Gasteiger partial charge in [-0.2, -0.15) is 0 Å². The van der Waals surface area contributed by atoms with Gasteiger partial charge >= 0.3 is 5.97 Å². The van der Waals surface area contributed by atoms with E-state index < -0.39 is 0 Å². The van der Waals surface area contributed by atoms with E-state index >= 15 is 0 Å². The van der Waals surface area contributed by atoms with Crippen molar-refractivity contribution < 1.29 is 23.5 Å². The lowest BCUT2D eigenvalue weighted by Crippen LogP contribution is -2.45. The van der Waals surface area contributed by atoms with Gasteiger partial charge in [-0.05, 0) is 55.5 Å². The molecule has 1 aliphatic heterocycles. The summed E-state index contributed by atoms with van der Waals surface area (Å²) >= 11 is 0. The average molecular weight is 494 g/mol. The molecule has 0 atom stereocenters. The first kappa shape index (κ1) is 25.4. The van der Waals surface area contributed by atoms with Gasteiger partial charge in [0.05, 0.1) is 19.1 Å². The Balaban J connectivity index is 1.38. The van der Waals surface area contributed by atoms with Crippen LogP contribution in [0, 0.1) is 11.7 Å². The lowest BCUT2D eigenvalue weighted by molar-refractivity contribution is -0.151. The fraction of sp³-hybridized carbons (Fsp3) is 0.393. The number of benzene rings is 2. The van der Waals surface area contributed by atoms with Gasteiger partial charge in [-0.15, -0.1) is 0 Å². The number of ether oxygens (including phenoxy) is 1. The molecule has 0 radical (unpaired) electrons. The largest absolute Gasteiger partial charge is 0.466 e. The molecule has 2 amide bonds. The molecule has 36 heavy (non-hydrogen) atoms. The molecule has 190 valence electrons. The normalized spacial score (nSPS) is 14.1. The lowest BCUT2D eigenvalue weighted by Gasteiger charge is -2.32. The van der Waals surface area contributed by atoms with Crippen molar-refractivity contribution in [3.8, 4) is 11.3 Å². The zero-order chi connectivity index (χ0) is 25.7. The minimum atomic E-state index is -0.330. The summed E-state index contributed by atoms with van der Waals surface area (Å²) in [6.07, 6.45) is 1.75. The number of halogens is 1. The highest BCUT2D eigenvalue weighted by atomic mass is 19.1. The van der Waals surface area contributed by atoms with Crippen molar-refractivity contribution in [2.24, 2.45) is 5.92 Å². The minimum absolute atomic E-state index is 0.0169. The zero-order valence-electron chi connectivity index (χ0n) is 20.8. The van der Waals surface area contributed by atoms with Crippen LogP contribution in [0.2, 0.25) is 0 Å². The fourth-order valence-electron chi connectivity index (χ4n) is 4.77. The van der Waals surface area contributed by atoms with E-state index in [0.717, 1.165) is 27.7 Å². The highest BCUT2D eigenvalue weighted by molar-refractivity contribution is 5.92. The molecule has 0 saturated carbocycles. The first-order chi connectivity index (χ1) is 17.4. The van der Waals surface area contributed by atoms with E-state index in [1.165, 1.54) is 17.0 Å². The van der Waals surface area contributed by atoms with Crippen molar-refractivity contribution in [2.45, 2.75) is 32.6 Å². The Labute approximate surface area is 210 Å². The molecule has 1 aliphatic rings. The number of hydrogen-bond acceptors (Lipinski definition) is 4. The maximum atomic E-state index is 14.0. The van der Waals surface area contributed by atoms with Crippen LogP contribution in [0.3, 0.4) is 0 Å². The Morgan fingerprint density at radius 1 is 1.11 bits per heavy atom. The number of fused-ring (bicyclic) bond motifs is 1. The van der Waals surface area contributed by atoms with Crippen molar-refractivity contribution in [3.05, 3.63) is 59.9 Å². The first-order valence-electron chi connectivity index (χ1n) is 12.4. The maximum absolute atomic E-state index is 14.0. The molecule has 2 heterocycles. The number of nitrogens with zero attached hydrogens (tertiary/aromatic N) is 2. The van der Waals surface area contributed by atoms with E-state index in [2.05, 4.69) is 4.98 Å². The second-order valence-corrected chi connectivity index (χ2v) is 9.19. The second-order valence-electron chi connectivity index (χ2n) is 9.19. The number of H-pyrrole nitrogens is 1.